The molecular weight excluding hydrogens is 276 g/mol. The van der Waals surface area contributed by atoms with Gasteiger partial charge in [-0.05, 0) is 37.1 Å². The minimum atomic E-state index is -0.591. The summed E-state index contributed by atoms with van der Waals surface area (Å²) in [5.41, 5.74) is 2.75. The molecular formula is C18H20N2O2. The van der Waals surface area contributed by atoms with E-state index in [0.29, 0.717) is 13.1 Å². The van der Waals surface area contributed by atoms with E-state index in [-0.39, 0.29) is 0 Å². The average molecular weight is 296 g/mol. The highest BCUT2D eigenvalue weighted by Gasteiger charge is 2.21. The Morgan fingerprint density at radius 1 is 1.05 bits per heavy atom. The van der Waals surface area contributed by atoms with Crippen molar-refractivity contribution in [2.45, 2.75) is 20.4 Å². The van der Waals surface area contributed by atoms with Gasteiger partial charge in [-0.1, -0.05) is 42.5 Å². The Balaban J connectivity index is 2.03. The third-order valence-electron chi connectivity index (χ3n) is 3.36. The summed E-state index contributed by atoms with van der Waals surface area (Å²) in [5, 5.41) is 2.67. The molecule has 0 saturated heterocycles. The molecule has 0 aliphatic carbocycles. The Labute approximate surface area is 130 Å². The van der Waals surface area contributed by atoms with Crippen LogP contribution >= 0.6 is 0 Å². The van der Waals surface area contributed by atoms with Crippen molar-refractivity contribution in [1.82, 2.24) is 5.32 Å². The molecule has 0 aliphatic rings. The molecule has 2 rings (SSSR count). The summed E-state index contributed by atoms with van der Waals surface area (Å²) in [6, 6.07) is 17.1. The zero-order valence-corrected chi connectivity index (χ0v) is 12.9. The summed E-state index contributed by atoms with van der Waals surface area (Å²) in [6.07, 6.45) is 0. The van der Waals surface area contributed by atoms with Crippen LogP contribution in [0.15, 0.2) is 54.6 Å². The maximum atomic E-state index is 12.3. The highest BCUT2D eigenvalue weighted by atomic mass is 16.2. The maximum Gasteiger partial charge on any atom is 0.316 e. The van der Waals surface area contributed by atoms with E-state index in [9.17, 15) is 9.59 Å². The molecule has 0 heterocycles. The Bertz CT molecular complexity index is 653. The summed E-state index contributed by atoms with van der Waals surface area (Å²) < 4.78 is 0. The van der Waals surface area contributed by atoms with E-state index >= 15 is 0 Å². The number of likely N-dealkylation sites (N-methyl/N-ethyl adjacent to an activating group) is 1. The van der Waals surface area contributed by atoms with Crippen LogP contribution in [-0.2, 0) is 16.1 Å². The van der Waals surface area contributed by atoms with E-state index in [1.54, 1.807) is 0 Å². The molecule has 22 heavy (non-hydrogen) atoms. The number of aryl methyl sites for hydroxylation is 1. The van der Waals surface area contributed by atoms with Gasteiger partial charge >= 0.3 is 11.8 Å². The molecule has 0 unspecified atom stereocenters. The maximum absolute atomic E-state index is 12.3. The smallest absolute Gasteiger partial charge is 0.316 e. The summed E-state index contributed by atoms with van der Waals surface area (Å²) in [5.74, 6) is -1.13. The molecule has 0 radical (unpaired) electrons. The first-order valence-electron chi connectivity index (χ1n) is 7.32. The first-order chi connectivity index (χ1) is 10.6. The monoisotopic (exact) mass is 296 g/mol. The Morgan fingerprint density at radius 2 is 1.77 bits per heavy atom. The van der Waals surface area contributed by atoms with Crippen LogP contribution in [0.3, 0.4) is 0 Å². The standard InChI is InChI=1S/C18H20N2O2/c1-3-20(16-11-7-8-14(2)12-16)18(22)17(21)19-13-15-9-5-4-6-10-15/h4-12H,3,13H2,1-2H3,(H,19,21). The number of rotatable bonds is 4. The first kappa shape index (κ1) is 15.8. The van der Waals surface area contributed by atoms with Crippen LogP contribution in [0.4, 0.5) is 5.69 Å². The zero-order chi connectivity index (χ0) is 15.9. The number of amides is 2. The Hall–Kier alpha value is -2.62. The lowest BCUT2D eigenvalue weighted by molar-refractivity contribution is -0.137. The Kier molecular flexibility index (Phi) is 5.31. The molecule has 0 spiro atoms. The minimum Gasteiger partial charge on any atom is -0.344 e. The topological polar surface area (TPSA) is 49.4 Å². The summed E-state index contributed by atoms with van der Waals surface area (Å²) in [7, 11) is 0. The van der Waals surface area contributed by atoms with Gasteiger partial charge in [-0.2, -0.15) is 0 Å². The summed E-state index contributed by atoms with van der Waals surface area (Å²) in [6.45, 7) is 4.60. The van der Waals surface area contributed by atoms with Gasteiger partial charge in [0.2, 0.25) is 0 Å². The average Bonchev–Trinajstić information content (AvgIpc) is 2.54. The lowest BCUT2D eigenvalue weighted by Gasteiger charge is -2.20. The fourth-order valence-corrected chi connectivity index (χ4v) is 2.22. The van der Waals surface area contributed by atoms with Crippen molar-refractivity contribution in [1.29, 1.82) is 0 Å². The molecule has 4 nitrogen and oxygen atoms in total. The van der Waals surface area contributed by atoms with Crippen LogP contribution in [0.2, 0.25) is 0 Å². The van der Waals surface area contributed by atoms with Crippen molar-refractivity contribution in [3.63, 3.8) is 0 Å². The van der Waals surface area contributed by atoms with E-state index in [2.05, 4.69) is 5.32 Å². The fourth-order valence-electron chi connectivity index (χ4n) is 2.22. The summed E-state index contributed by atoms with van der Waals surface area (Å²) in [4.78, 5) is 25.9. The highest BCUT2D eigenvalue weighted by molar-refractivity contribution is 6.40. The van der Waals surface area contributed by atoms with Crippen molar-refractivity contribution in [2.24, 2.45) is 0 Å². The van der Waals surface area contributed by atoms with Crippen molar-refractivity contribution >= 4 is 17.5 Å². The quantitative estimate of drug-likeness (QED) is 0.882. The van der Waals surface area contributed by atoms with Gasteiger partial charge in [-0.25, -0.2) is 0 Å². The lowest BCUT2D eigenvalue weighted by atomic mass is 10.2. The van der Waals surface area contributed by atoms with Gasteiger partial charge in [-0.15, -0.1) is 0 Å². The van der Waals surface area contributed by atoms with Crippen LogP contribution in [0, 0.1) is 6.92 Å². The molecule has 0 aliphatic heterocycles. The van der Waals surface area contributed by atoms with Gasteiger partial charge in [0.15, 0.2) is 0 Å². The normalized spacial score (nSPS) is 10.1. The third-order valence-corrected chi connectivity index (χ3v) is 3.36. The van der Waals surface area contributed by atoms with Gasteiger partial charge in [0.1, 0.15) is 0 Å². The van der Waals surface area contributed by atoms with Gasteiger partial charge in [-0.3, -0.25) is 9.59 Å². The van der Waals surface area contributed by atoms with Gasteiger partial charge in [0.05, 0.1) is 0 Å². The number of nitrogens with zero attached hydrogens (tertiary/aromatic N) is 1. The van der Waals surface area contributed by atoms with Crippen LogP contribution in [0.25, 0.3) is 0 Å². The predicted octanol–water partition coefficient (Wildman–Crippen LogP) is 2.66. The molecule has 0 aromatic heterocycles. The van der Waals surface area contributed by atoms with Crippen molar-refractivity contribution in [3.8, 4) is 0 Å². The molecule has 2 amide bonds. The Morgan fingerprint density at radius 3 is 2.41 bits per heavy atom. The molecule has 1 N–H and O–H groups in total. The van der Waals surface area contributed by atoms with Crippen molar-refractivity contribution < 1.29 is 9.59 Å². The van der Waals surface area contributed by atoms with E-state index in [0.717, 1.165) is 16.8 Å². The molecule has 2 aromatic rings. The SMILES string of the molecule is CCN(C(=O)C(=O)NCc1ccccc1)c1cccc(C)c1. The highest BCUT2D eigenvalue weighted by Crippen LogP contribution is 2.15. The molecule has 0 atom stereocenters. The summed E-state index contributed by atoms with van der Waals surface area (Å²) >= 11 is 0. The second-order valence-corrected chi connectivity index (χ2v) is 5.06. The number of nitrogens with one attached hydrogen (secondary N) is 1. The number of hydrogen-bond donors (Lipinski definition) is 1. The van der Waals surface area contributed by atoms with Crippen LogP contribution < -0.4 is 10.2 Å². The van der Waals surface area contributed by atoms with E-state index in [1.807, 2.05) is 68.4 Å². The predicted molar refractivity (Wildman–Crippen MR) is 87.5 cm³/mol. The number of anilines is 1. The molecule has 0 bridgehead atoms. The van der Waals surface area contributed by atoms with Gasteiger partial charge < -0.3 is 10.2 Å². The number of carbonyl (C=O) groups excluding carboxylic acids is 2. The minimum absolute atomic E-state index is 0.344. The van der Waals surface area contributed by atoms with Gasteiger partial charge in [0.25, 0.3) is 0 Å². The van der Waals surface area contributed by atoms with Crippen LogP contribution in [0.5, 0.6) is 0 Å². The number of benzene rings is 2. The fraction of sp³-hybridized carbons (Fsp3) is 0.222. The van der Waals surface area contributed by atoms with Crippen LogP contribution in [0.1, 0.15) is 18.1 Å². The van der Waals surface area contributed by atoms with E-state index in [1.165, 1.54) is 4.90 Å². The molecule has 0 saturated carbocycles. The second-order valence-electron chi connectivity index (χ2n) is 5.06. The largest absolute Gasteiger partial charge is 0.344 e. The molecule has 2 aromatic carbocycles. The molecule has 114 valence electrons. The van der Waals surface area contributed by atoms with E-state index in [4.69, 9.17) is 0 Å². The lowest BCUT2D eigenvalue weighted by Crippen LogP contribution is -2.42. The van der Waals surface area contributed by atoms with Gasteiger partial charge in [0, 0.05) is 18.8 Å². The number of hydrogen-bond acceptors (Lipinski definition) is 2. The van der Waals surface area contributed by atoms with Crippen molar-refractivity contribution in [3.05, 3.63) is 65.7 Å². The zero-order valence-electron chi connectivity index (χ0n) is 12.9. The second kappa shape index (κ2) is 7.41. The molecule has 0 fully saturated rings. The van der Waals surface area contributed by atoms with Crippen molar-refractivity contribution in [2.75, 3.05) is 11.4 Å². The third kappa shape index (κ3) is 3.95. The molecule has 4 heteroatoms. The van der Waals surface area contributed by atoms with Crippen LogP contribution in [-0.4, -0.2) is 18.4 Å². The number of carbonyl (C=O) groups is 2. The van der Waals surface area contributed by atoms with E-state index < -0.39 is 11.8 Å². The first-order valence-corrected chi connectivity index (χ1v) is 7.32.